The molecule has 0 saturated carbocycles. The van der Waals surface area contributed by atoms with Crippen LogP contribution in [0.15, 0.2) is 83.3 Å². The summed E-state index contributed by atoms with van der Waals surface area (Å²) < 4.78 is 6.50. The number of pyridine rings is 1. The fourth-order valence-electron chi connectivity index (χ4n) is 3.46. The number of hydrogen-bond donors (Lipinski definition) is 1. The van der Waals surface area contributed by atoms with E-state index >= 15 is 0 Å². The van der Waals surface area contributed by atoms with Gasteiger partial charge in [0.15, 0.2) is 6.10 Å². The van der Waals surface area contributed by atoms with E-state index in [-0.39, 0.29) is 5.91 Å². The molecule has 0 spiro atoms. The largest absolute Gasteiger partial charge is 0.449 e. The highest BCUT2D eigenvalue weighted by atomic mass is 79.9. The molecule has 1 N–H and O–H groups in total. The maximum absolute atomic E-state index is 13.1. The molecule has 1 unspecified atom stereocenters. The summed E-state index contributed by atoms with van der Waals surface area (Å²) in [4.78, 5) is 30.4. The predicted octanol–water partition coefficient (Wildman–Crippen LogP) is 6.41. The van der Waals surface area contributed by atoms with Crippen LogP contribution >= 0.6 is 15.9 Å². The SMILES string of the molecule is CCc1ccc(NC(=O)C(C)OC(=O)c2cc(-c3ccc(Br)cc3)nc3ccccc23)cc1. The Morgan fingerprint density at radius 2 is 1.70 bits per heavy atom. The van der Waals surface area contributed by atoms with Gasteiger partial charge in [0, 0.05) is 21.1 Å². The van der Waals surface area contributed by atoms with Gasteiger partial charge in [-0.25, -0.2) is 9.78 Å². The summed E-state index contributed by atoms with van der Waals surface area (Å²) in [6.07, 6.45) is -0.0453. The molecule has 4 aromatic rings. The normalized spacial score (nSPS) is 11.7. The van der Waals surface area contributed by atoms with Crippen molar-refractivity contribution in [3.05, 3.63) is 94.5 Å². The number of carbonyl (C=O) groups excluding carboxylic acids is 2. The molecule has 0 aliphatic heterocycles. The van der Waals surface area contributed by atoms with E-state index in [1.165, 1.54) is 5.56 Å². The average Bonchev–Trinajstić information content (AvgIpc) is 2.84. The van der Waals surface area contributed by atoms with Crippen molar-refractivity contribution < 1.29 is 14.3 Å². The second-order valence-corrected chi connectivity index (χ2v) is 8.58. The monoisotopic (exact) mass is 502 g/mol. The fourth-order valence-corrected chi connectivity index (χ4v) is 3.72. The molecule has 1 aromatic heterocycles. The second-order valence-electron chi connectivity index (χ2n) is 7.67. The zero-order valence-corrected chi connectivity index (χ0v) is 19.9. The minimum Gasteiger partial charge on any atom is -0.449 e. The molecule has 0 aliphatic rings. The molecule has 3 aromatic carbocycles. The molecule has 1 heterocycles. The van der Waals surface area contributed by atoms with Crippen molar-refractivity contribution in [2.24, 2.45) is 0 Å². The molecular formula is C27H23BrN2O3. The molecule has 33 heavy (non-hydrogen) atoms. The number of ether oxygens (including phenoxy) is 1. The van der Waals surface area contributed by atoms with Crippen molar-refractivity contribution >= 4 is 44.4 Å². The zero-order valence-electron chi connectivity index (χ0n) is 18.3. The average molecular weight is 503 g/mol. The van der Waals surface area contributed by atoms with Gasteiger partial charge in [-0.15, -0.1) is 0 Å². The second kappa shape index (κ2) is 9.96. The Kier molecular flexibility index (Phi) is 6.84. The summed E-state index contributed by atoms with van der Waals surface area (Å²) >= 11 is 3.43. The quantitative estimate of drug-likeness (QED) is 0.309. The highest BCUT2D eigenvalue weighted by Crippen LogP contribution is 2.27. The first-order chi connectivity index (χ1) is 15.9. The Hall–Kier alpha value is -3.51. The number of rotatable bonds is 6. The number of nitrogens with one attached hydrogen (secondary N) is 1. The minimum atomic E-state index is -0.966. The van der Waals surface area contributed by atoms with Crippen molar-refractivity contribution in [3.63, 3.8) is 0 Å². The van der Waals surface area contributed by atoms with Gasteiger partial charge in [-0.1, -0.05) is 65.3 Å². The van der Waals surface area contributed by atoms with E-state index in [1.807, 2.05) is 72.8 Å². The number of anilines is 1. The maximum Gasteiger partial charge on any atom is 0.339 e. The Balaban J connectivity index is 1.57. The van der Waals surface area contributed by atoms with Gasteiger partial charge in [-0.05, 0) is 55.3 Å². The molecule has 166 valence electrons. The first-order valence-electron chi connectivity index (χ1n) is 10.7. The molecule has 0 fully saturated rings. The molecule has 0 bridgehead atoms. The topological polar surface area (TPSA) is 68.3 Å². The number of halogens is 1. The smallest absolute Gasteiger partial charge is 0.339 e. The van der Waals surface area contributed by atoms with Crippen LogP contribution in [-0.4, -0.2) is 23.0 Å². The number of carbonyl (C=O) groups is 2. The number of aromatic nitrogens is 1. The summed E-state index contributed by atoms with van der Waals surface area (Å²) in [6, 6.07) is 24.4. The Labute approximate surface area is 200 Å². The van der Waals surface area contributed by atoms with Crippen LogP contribution in [0.2, 0.25) is 0 Å². The number of nitrogens with zero attached hydrogens (tertiary/aromatic N) is 1. The third-order valence-corrected chi connectivity index (χ3v) is 5.89. The lowest BCUT2D eigenvalue weighted by Crippen LogP contribution is -2.30. The van der Waals surface area contributed by atoms with Crippen LogP contribution in [0.1, 0.15) is 29.8 Å². The lowest BCUT2D eigenvalue weighted by atomic mass is 10.0. The highest BCUT2D eigenvalue weighted by molar-refractivity contribution is 9.10. The summed E-state index contributed by atoms with van der Waals surface area (Å²) in [6.45, 7) is 3.63. The maximum atomic E-state index is 13.1. The highest BCUT2D eigenvalue weighted by Gasteiger charge is 2.22. The van der Waals surface area contributed by atoms with Crippen LogP contribution in [0.25, 0.3) is 22.2 Å². The van der Waals surface area contributed by atoms with Gasteiger partial charge in [0.05, 0.1) is 16.8 Å². The molecule has 6 heteroatoms. The van der Waals surface area contributed by atoms with Crippen LogP contribution in [0, 0.1) is 0 Å². The number of benzene rings is 3. The summed E-state index contributed by atoms with van der Waals surface area (Å²) in [5.41, 5.74) is 4.41. The minimum absolute atomic E-state index is 0.366. The lowest BCUT2D eigenvalue weighted by molar-refractivity contribution is -0.123. The van der Waals surface area contributed by atoms with Crippen molar-refractivity contribution in [1.82, 2.24) is 4.98 Å². The Morgan fingerprint density at radius 3 is 2.39 bits per heavy atom. The Bertz CT molecular complexity index is 1300. The van der Waals surface area contributed by atoms with Gasteiger partial charge in [0.25, 0.3) is 5.91 Å². The summed E-state index contributed by atoms with van der Waals surface area (Å²) in [5.74, 6) is -0.963. The van der Waals surface area contributed by atoms with E-state index in [9.17, 15) is 9.59 Å². The van der Waals surface area contributed by atoms with Crippen molar-refractivity contribution in [3.8, 4) is 11.3 Å². The van der Waals surface area contributed by atoms with Crippen LogP contribution < -0.4 is 5.32 Å². The third kappa shape index (κ3) is 5.29. The van der Waals surface area contributed by atoms with Crippen LogP contribution in [0.4, 0.5) is 5.69 Å². The van der Waals surface area contributed by atoms with E-state index in [0.29, 0.717) is 27.8 Å². The number of aryl methyl sites for hydroxylation is 1. The molecule has 0 radical (unpaired) electrons. The van der Waals surface area contributed by atoms with Crippen molar-refractivity contribution in [1.29, 1.82) is 0 Å². The standard InChI is InChI=1S/C27H23BrN2O3/c1-3-18-8-14-21(15-9-18)29-26(31)17(2)33-27(32)23-16-25(19-10-12-20(28)13-11-19)30-24-7-5-4-6-22(23)24/h4-17H,3H2,1-2H3,(H,29,31). The summed E-state index contributed by atoms with van der Waals surface area (Å²) in [7, 11) is 0. The molecule has 4 rings (SSSR count). The van der Waals surface area contributed by atoms with E-state index in [2.05, 4.69) is 28.2 Å². The van der Waals surface area contributed by atoms with Crippen LogP contribution in [0.3, 0.4) is 0 Å². The third-order valence-electron chi connectivity index (χ3n) is 5.36. The van der Waals surface area contributed by atoms with E-state index in [0.717, 1.165) is 16.5 Å². The van der Waals surface area contributed by atoms with E-state index in [4.69, 9.17) is 9.72 Å². The van der Waals surface area contributed by atoms with E-state index < -0.39 is 12.1 Å². The van der Waals surface area contributed by atoms with Gasteiger partial charge in [0.1, 0.15) is 0 Å². The van der Waals surface area contributed by atoms with Gasteiger partial charge in [-0.2, -0.15) is 0 Å². The van der Waals surface area contributed by atoms with Gasteiger partial charge < -0.3 is 10.1 Å². The molecule has 1 atom stereocenters. The number of esters is 1. The fraction of sp³-hybridized carbons (Fsp3) is 0.148. The van der Waals surface area contributed by atoms with E-state index in [1.54, 1.807) is 13.0 Å². The number of fused-ring (bicyclic) bond motifs is 1. The Morgan fingerprint density at radius 1 is 1.00 bits per heavy atom. The number of hydrogen-bond acceptors (Lipinski definition) is 4. The van der Waals surface area contributed by atoms with Gasteiger partial charge in [-0.3, -0.25) is 4.79 Å². The number of amides is 1. The van der Waals surface area contributed by atoms with Gasteiger partial charge >= 0.3 is 5.97 Å². The predicted molar refractivity (Wildman–Crippen MR) is 134 cm³/mol. The zero-order chi connectivity index (χ0) is 23.4. The molecule has 5 nitrogen and oxygen atoms in total. The number of para-hydroxylation sites is 1. The van der Waals surface area contributed by atoms with Crippen LogP contribution in [-0.2, 0) is 16.0 Å². The lowest BCUT2D eigenvalue weighted by Gasteiger charge is -2.15. The molecule has 1 amide bonds. The molecular weight excluding hydrogens is 480 g/mol. The van der Waals surface area contributed by atoms with Gasteiger partial charge in [0.2, 0.25) is 0 Å². The first kappa shape index (κ1) is 22.7. The van der Waals surface area contributed by atoms with Crippen molar-refractivity contribution in [2.45, 2.75) is 26.4 Å². The first-order valence-corrected chi connectivity index (χ1v) is 11.5. The van der Waals surface area contributed by atoms with Crippen molar-refractivity contribution in [2.75, 3.05) is 5.32 Å². The van der Waals surface area contributed by atoms with Crippen LogP contribution in [0.5, 0.6) is 0 Å². The molecule has 0 aliphatic carbocycles. The summed E-state index contributed by atoms with van der Waals surface area (Å²) in [5, 5.41) is 3.47. The molecule has 0 saturated heterocycles.